The highest BCUT2D eigenvalue weighted by Crippen LogP contribution is 2.38. The summed E-state index contributed by atoms with van der Waals surface area (Å²) in [5, 5.41) is 19.9. The lowest BCUT2D eigenvalue weighted by Crippen LogP contribution is -2.26. The first kappa shape index (κ1) is 23.0. The van der Waals surface area contributed by atoms with Crippen LogP contribution in [0.4, 0.5) is 11.4 Å². The van der Waals surface area contributed by atoms with E-state index < -0.39 is 20.9 Å². The molecule has 0 bridgehead atoms. The number of carbonyl (C=O) groups excluding carboxylic acids is 1. The third-order valence-corrected chi connectivity index (χ3v) is 6.54. The van der Waals surface area contributed by atoms with Gasteiger partial charge in [-0.15, -0.1) is 0 Å². The molecule has 0 spiro atoms. The molecule has 0 aliphatic carbocycles. The van der Waals surface area contributed by atoms with E-state index in [2.05, 4.69) is 0 Å². The fourth-order valence-electron chi connectivity index (χ4n) is 2.72. The molecule has 0 saturated heterocycles. The number of amides is 1. The lowest BCUT2D eigenvalue weighted by Gasteiger charge is -2.20. The van der Waals surface area contributed by atoms with Gasteiger partial charge in [0.2, 0.25) is 5.75 Å². The van der Waals surface area contributed by atoms with Crippen molar-refractivity contribution in [1.29, 1.82) is 0 Å². The van der Waals surface area contributed by atoms with Crippen molar-refractivity contribution in [1.82, 2.24) is 5.48 Å². The summed E-state index contributed by atoms with van der Waals surface area (Å²) < 4.78 is 32.4. The van der Waals surface area contributed by atoms with Gasteiger partial charge in [-0.1, -0.05) is 17.7 Å². The summed E-state index contributed by atoms with van der Waals surface area (Å²) in [5.41, 5.74) is 1.60. The number of halogens is 1. The van der Waals surface area contributed by atoms with E-state index in [-0.39, 0.29) is 38.4 Å². The number of hydroxylamine groups is 1. The van der Waals surface area contributed by atoms with Gasteiger partial charge in [-0.05, 0) is 54.6 Å². The average molecular weight is 478 g/mol. The summed E-state index contributed by atoms with van der Waals surface area (Å²) >= 11 is 6.01. The minimum atomic E-state index is -3.96. The molecule has 0 unspecified atom stereocenters. The summed E-state index contributed by atoms with van der Waals surface area (Å²) in [5.74, 6) is -0.725. The lowest BCUT2D eigenvalue weighted by molar-refractivity contribution is -0.385. The van der Waals surface area contributed by atoms with Crippen molar-refractivity contribution < 1.29 is 28.1 Å². The van der Waals surface area contributed by atoms with Crippen molar-refractivity contribution in [2.24, 2.45) is 0 Å². The lowest BCUT2D eigenvalue weighted by atomic mass is 10.2. The van der Waals surface area contributed by atoms with Gasteiger partial charge in [-0.2, -0.15) is 0 Å². The van der Waals surface area contributed by atoms with Gasteiger partial charge in [0.15, 0.2) is 0 Å². The Hall–Kier alpha value is -3.67. The van der Waals surface area contributed by atoms with Gasteiger partial charge in [0, 0.05) is 18.7 Å². The predicted molar refractivity (Wildman–Crippen MR) is 116 cm³/mol. The molecule has 0 aromatic heterocycles. The van der Waals surface area contributed by atoms with Gasteiger partial charge in [-0.25, -0.2) is 13.9 Å². The molecule has 166 valence electrons. The normalized spacial score (nSPS) is 11.0. The second-order valence-electron chi connectivity index (χ2n) is 6.38. The van der Waals surface area contributed by atoms with Gasteiger partial charge in [0.05, 0.1) is 20.5 Å². The highest BCUT2D eigenvalue weighted by Gasteiger charge is 2.23. The number of hydrogen-bond donors (Lipinski definition) is 2. The van der Waals surface area contributed by atoms with Crippen molar-refractivity contribution in [2.45, 2.75) is 4.90 Å². The molecule has 12 heteroatoms. The molecule has 3 aromatic carbocycles. The van der Waals surface area contributed by atoms with E-state index in [1.165, 1.54) is 79.3 Å². The Balaban J connectivity index is 1.84. The number of carbonyl (C=O) groups is 1. The number of nitrogens with zero attached hydrogens (tertiary/aromatic N) is 2. The van der Waals surface area contributed by atoms with Gasteiger partial charge < -0.3 is 4.74 Å². The third kappa shape index (κ3) is 4.64. The Bertz CT molecular complexity index is 1260. The first-order valence-electron chi connectivity index (χ1n) is 8.89. The third-order valence-electron chi connectivity index (χ3n) is 4.44. The minimum Gasteiger partial charge on any atom is -0.449 e. The first-order valence-corrected chi connectivity index (χ1v) is 10.7. The fourth-order valence-corrected chi connectivity index (χ4v) is 4.13. The zero-order chi connectivity index (χ0) is 23.5. The number of benzene rings is 3. The van der Waals surface area contributed by atoms with Crippen molar-refractivity contribution >= 4 is 38.9 Å². The van der Waals surface area contributed by atoms with Crippen molar-refractivity contribution in [3.05, 3.63) is 87.4 Å². The molecular formula is C20H16ClN3O7S. The molecular weight excluding hydrogens is 462 g/mol. The van der Waals surface area contributed by atoms with E-state index in [4.69, 9.17) is 21.5 Å². The zero-order valence-electron chi connectivity index (χ0n) is 16.4. The number of rotatable bonds is 7. The van der Waals surface area contributed by atoms with Crippen LogP contribution in [0.2, 0.25) is 5.02 Å². The molecule has 2 N–H and O–H groups in total. The zero-order valence-corrected chi connectivity index (χ0v) is 18.0. The Morgan fingerprint density at radius 2 is 1.72 bits per heavy atom. The van der Waals surface area contributed by atoms with E-state index in [9.17, 15) is 23.3 Å². The number of hydrogen-bond acceptors (Lipinski definition) is 7. The summed E-state index contributed by atoms with van der Waals surface area (Å²) in [6.45, 7) is 0. The van der Waals surface area contributed by atoms with E-state index >= 15 is 0 Å². The fraction of sp³-hybridized carbons (Fsp3) is 0.0500. The Morgan fingerprint density at radius 3 is 2.28 bits per heavy atom. The van der Waals surface area contributed by atoms with Crippen LogP contribution in [-0.4, -0.2) is 31.5 Å². The summed E-state index contributed by atoms with van der Waals surface area (Å²) in [6, 6.07) is 14.9. The molecule has 1 amide bonds. The number of nitrogens with one attached hydrogen (secondary N) is 1. The Kier molecular flexibility index (Phi) is 6.63. The van der Waals surface area contributed by atoms with Crippen LogP contribution in [0.1, 0.15) is 10.4 Å². The highest BCUT2D eigenvalue weighted by atomic mass is 35.5. The van der Waals surface area contributed by atoms with Crippen LogP contribution < -0.4 is 14.5 Å². The Labute approximate surface area is 187 Å². The number of para-hydroxylation sites is 1. The molecule has 0 radical (unpaired) electrons. The number of nitro benzene ring substituents is 1. The average Bonchev–Trinajstić information content (AvgIpc) is 2.79. The topological polar surface area (TPSA) is 139 Å². The van der Waals surface area contributed by atoms with Gasteiger partial charge in [0.25, 0.3) is 15.9 Å². The van der Waals surface area contributed by atoms with Crippen LogP contribution in [0, 0.1) is 10.1 Å². The van der Waals surface area contributed by atoms with Crippen LogP contribution in [0.15, 0.2) is 71.6 Å². The van der Waals surface area contributed by atoms with Crippen molar-refractivity contribution in [2.75, 3.05) is 11.4 Å². The van der Waals surface area contributed by atoms with Gasteiger partial charge in [-0.3, -0.25) is 24.4 Å². The van der Waals surface area contributed by atoms with Crippen molar-refractivity contribution in [3.63, 3.8) is 0 Å². The maximum atomic E-state index is 12.9. The van der Waals surface area contributed by atoms with Crippen LogP contribution in [0.5, 0.6) is 11.5 Å². The summed E-state index contributed by atoms with van der Waals surface area (Å²) in [7, 11) is -2.62. The quantitative estimate of drug-likeness (QED) is 0.298. The number of sulfonamides is 1. The second-order valence-corrected chi connectivity index (χ2v) is 8.76. The number of anilines is 1. The monoisotopic (exact) mass is 477 g/mol. The SMILES string of the molecule is CN(c1ccc(C(=O)NO)cc1)S(=O)(=O)c1ccc(Oc2c(Cl)cccc2[N+](=O)[O-])cc1. The molecule has 10 nitrogen and oxygen atoms in total. The van der Waals surface area contributed by atoms with Crippen LogP contribution in [0.3, 0.4) is 0 Å². The second kappa shape index (κ2) is 9.22. The number of ether oxygens (including phenoxy) is 1. The van der Waals surface area contributed by atoms with Gasteiger partial charge >= 0.3 is 5.69 Å². The summed E-state index contributed by atoms with van der Waals surface area (Å²) in [6.07, 6.45) is 0. The number of nitro groups is 1. The smallest absolute Gasteiger partial charge is 0.313 e. The highest BCUT2D eigenvalue weighted by molar-refractivity contribution is 7.92. The molecule has 0 atom stereocenters. The van der Waals surface area contributed by atoms with E-state index in [1.807, 2.05) is 0 Å². The van der Waals surface area contributed by atoms with Crippen molar-refractivity contribution in [3.8, 4) is 11.5 Å². The molecule has 0 aliphatic heterocycles. The minimum absolute atomic E-state index is 0.0361. The van der Waals surface area contributed by atoms with E-state index in [0.717, 1.165) is 4.31 Å². The van der Waals surface area contributed by atoms with Crippen LogP contribution in [-0.2, 0) is 10.0 Å². The molecule has 32 heavy (non-hydrogen) atoms. The summed E-state index contributed by atoms with van der Waals surface area (Å²) in [4.78, 5) is 21.9. The predicted octanol–water partition coefficient (Wildman–Crippen LogP) is 3.98. The molecule has 3 rings (SSSR count). The molecule has 0 fully saturated rings. The molecule has 0 aliphatic rings. The standard InChI is InChI=1S/C20H16ClN3O7S/c1-23(14-7-5-13(6-8-14)20(25)22-26)32(29,30)16-11-9-15(10-12-16)31-19-17(21)3-2-4-18(19)24(27)28/h2-12,26H,1H3,(H,22,25). The molecule has 0 heterocycles. The largest absolute Gasteiger partial charge is 0.449 e. The molecule has 0 saturated carbocycles. The first-order chi connectivity index (χ1) is 15.1. The van der Waals surface area contributed by atoms with Crippen LogP contribution in [0.25, 0.3) is 0 Å². The van der Waals surface area contributed by atoms with Gasteiger partial charge in [0.1, 0.15) is 5.75 Å². The molecule has 3 aromatic rings. The van der Waals surface area contributed by atoms with E-state index in [1.54, 1.807) is 0 Å². The van der Waals surface area contributed by atoms with Crippen LogP contribution >= 0.6 is 11.6 Å². The maximum Gasteiger partial charge on any atom is 0.313 e. The Morgan fingerprint density at radius 1 is 1.09 bits per heavy atom. The van der Waals surface area contributed by atoms with E-state index in [0.29, 0.717) is 0 Å². The maximum absolute atomic E-state index is 12.9.